The Hall–Kier alpha value is -1.60. The summed E-state index contributed by atoms with van der Waals surface area (Å²) in [7, 11) is 0. The van der Waals surface area contributed by atoms with Gasteiger partial charge in [-0.15, -0.1) is 0 Å². The lowest BCUT2D eigenvalue weighted by atomic mass is 9.41. The van der Waals surface area contributed by atoms with Crippen molar-refractivity contribution in [3.8, 4) is 0 Å². The van der Waals surface area contributed by atoms with Gasteiger partial charge in [-0.2, -0.15) is 0 Å². The number of rotatable bonds is 8. The predicted molar refractivity (Wildman–Crippen MR) is 167 cm³/mol. The number of carbonyl (C=O) groups is 2. The van der Waals surface area contributed by atoms with Gasteiger partial charge in [-0.3, -0.25) is 0 Å². The Morgan fingerprint density at radius 3 is 2.30 bits per heavy atom. The molecule has 0 unspecified atom stereocenters. The third kappa shape index (κ3) is 5.54. The van der Waals surface area contributed by atoms with Crippen LogP contribution in [0.1, 0.15) is 71.1 Å². The van der Waals surface area contributed by atoms with Crippen LogP contribution in [-0.4, -0.2) is 146 Å². The Morgan fingerprint density at radius 1 is 0.880 bits per heavy atom. The molecule has 3 aliphatic heterocycles. The van der Waals surface area contributed by atoms with Gasteiger partial charge < -0.3 is 69.3 Å². The van der Waals surface area contributed by atoms with Crippen molar-refractivity contribution in [2.24, 2.45) is 28.6 Å². The van der Waals surface area contributed by atoms with Crippen molar-refractivity contribution >= 4 is 12.3 Å². The molecule has 7 rings (SSSR count). The molecule has 0 amide bonds. The summed E-state index contributed by atoms with van der Waals surface area (Å²) in [5.41, 5.74) is -3.10. The van der Waals surface area contributed by atoms with E-state index >= 15 is 0 Å². The minimum atomic E-state index is -1.71. The van der Waals surface area contributed by atoms with E-state index in [-0.39, 0.29) is 43.2 Å². The Balaban J connectivity index is 1.01. The molecule has 8 N–H and O–H groups in total. The number of aldehydes is 1. The summed E-state index contributed by atoms with van der Waals surface area (Å²) in [5.74, 6) is -0.780. The third-order valence-electron chi connectivity index (χ3n) is 14.0. The number of ether oxygens (including phenoxy) is 5. The van der Waals surface area contributed by atoms with Gasteiger partial charge in [0.1, 0.15) is 49.5 Å². The van der Waals surface area contributed by atoms with Crippen LogP contribution < -0.4 is 0 Å². The SMILES string of the molecule is C[C@]12CC[C@H]3[C@@H](CC[C@]4(O)C[C@@H](O[C@H]5C[C@@H](O)[C@@H](O[C@@H]6O[C@H](CO)[C@@H](O)[C@H](O)[C@H]6O)[C@@H](CO)O5)CC[C@]34C=O)[C@@]1(O)CC[C@@H]2C1=CC(=O)OC1. The van der Waals surface area contributed by atoms with E-state index in [0.29, 0.717) is 44.9 Å². The van der Waals surface area contributed by atoms with Crippen molar-refractivity contribution in [3.05, 3.63) is 11.6 Å². The van der Waals surface area contributed by atoms with E-state index in [4.69, 9.17) is 23.7 Å². The summed E-state index contributed by atoms with van der Waals surface area (Å²) >= 11 is 0. The van der Waals surface area contributed by atoms with Crippen molar-refractivity contribution in [2.45, 2.75) is 144 Å². The van der Waals surface area contributed by atoms with Crippen molar-refractivity contribution in [1.29, 1.82) is 0 Å². The fourth-order valence-electron chi connectivity index (χ4n) is 11.3. The number of hydrogen-bond donors (Lipinski definition) is 8. The molecule has 0 spiro atoms. The normalized spacial score (nSPS) is 53.5. The fraction of sp³-hybridized carbons (Fsp3) is 0.886. The van der Waals surface area contributed by atoms with Crippen molar-refractivity contribution in [1.82, 2.24) is 0 Å². The molecule has 0 aromatic carbocycles. The zero-order chi connectivity index (χ0) is 35.8. The molecule has 15 nitrogen and oxygen atoms in total. The molecule has 0 radical (unpaired) electrons. The predicted octanol–water partition coefficient (Wildman–Crippen LogP) is -1.42. The van der Waals surface area contributed by atoms with Crippen molar-refractivity contribution < 1.29 is 74.1 Å². The number of fused-ring (bicyclic) bond motifs is 5. The standard InChI is InChI=1S/C35H52O15/c1-32-6-3-20-21(35(32,45)9-5-19(32)17-10-25(40)46-15-17)4-8-34(44)12-18(2-7-33(20,34)16-38)47-26-11-22(39)30(24(14-37)48-26)50-31-29(43)28(42)27(41)23(13-36)49-31/h10,16,18-24,26-31,36-37,39,41-45H,2-9,11-15H2,1H3/t18-,19+,20-,21+,22+,23+,24+,26+,27+,28-,29+,30+,31-,32+,33-,34-,35-/m0/s1. The number of aliphatic hydroxyl groups is 8. The maximum Gasteiger partial charge on any atom is 0.331 e. The first kappa shape index (κ1) is 36.7. The molecule has 7 aliphatic rings. The summed E-state index contributed by atoms with van der Waals surface area (Å²) in [6.45, 7) is 1.08. The average molecular weight is 713 g/mol. The molecule has 4 saturated carbocycles. The van der Waals surface area contributed by atoms with Gasteiger partial charge >= 0.3 is 5.97 Å². The lowest BCUT2D eigenvalue weighted by molar-refractivity contribution is -0.349. The smallest absolute Gasteiger partial charge is 0.331 e. The molecule has 4 aliphatic carbocycles. The molecule has 50 heavy (non-hydrogen) atoms. The van der Waals surface area contributed by atoms with Crippen molar-refractivity contribution in [3.63, 3.8) is 0 Å². The molecule has 17 atom stereocenters. The summed E-state index contributed by atoms with van der Waals surface area (Å²) in [5, 5.41) is 86.1. The van der Waals surface area contributed by atoms with E-state index in [0.717, 1.165) is 18.3 Å². The maximum absolute atomic E-state index is 13.2. The van der Waals surface area contributed by atoms with Gasteiger partial charge in [0.05, 0.1) is 42.0 Å². The summed E-state index contributed by atoms with van der Waals surface area (Å²) in [4.78, 5) is 25.1. The van der Waals surface area contributed by atoms with Gasteiger partial charge in [0.2, 0.25) is 0 Å². The Morgan fingerprint density at radius 2 is 1.62 bits per heavy atom. The van der Waals surface area contributed by atoms with Crippen LogP contribution in [-0.2, 0) is 33.3 Å². The maximum atomic E-state index is 13.2. The van der Waals surface area contributed by atoms with E-state index in [9.17, 15) is 50.4 Å². The monoisotopic (exact) mass is 712 g/mol. The number of carbonyl (C=O) groups excluding carboxylic acids is 2. The van der Waals surface area contributed by atoms with Gasteiger partial charge in [0, 0.05) is 24.3 Å². The second kappa shape index (κ2) is 13.4. The van der Waals surface area contributed by atoms with E-state index in [2.05, 4.69) is 6.92 Å². The highest BCUT2D eigenvalue weighted by molar-refractivity contribution is 5.85. The highest BCUT2D eigenvalue weighted by Crippen LogP contribution is 2.70. The lowest BCUT2D eigenvalue weighted by Crippen LogP contribution is -2.69. The molecule has 0 bridgehead atoms. The van der Waals surface area contributed by atoms with Gasteiger partial charge in [0.15, 0.2) is 12.6 Å². The molecule has 0 aromatic heterocycles. The Kier molecular flexibility index (Phi) is 9.82. The topological polar surface area (TPSA) is 242 Å². The number of aliphatic hydroxyl groups excluding tert-OH is 6. The van der Waals surface area contributed by atoms with Crippen LogP contribution in [0.2, 0.25) is 0 Å². The van der Waals surface area contributed by atoms with E-state index in [1.54, 1.807) is 6.08 Å². The summed E-state index contributed by atoms with van der Waals surface area (Å²) in [6.07, 6.45) is -6.24. The lowest BCUT2D eigenvalue weighted by Gasteiger charge is -2.65. The van der Waals surface area contributed by atoms with Crippen LogP contribution in [0.3, 0.4) is 0 Å². The van der Waals surface area contributed by atoms with Crippen LogP contribution in [0.4, 0.5) is 0 Å². The van der Waals surface area contributed by atoms with Crippen LogP contribution in [0, 0.1) is 28.6 Å². The first-order chi connectivity index (χ1) is 23.7. The Labute approximate surface area is 290 Å². The largest absolute Gasteiger partial charge is 0.458 e. The molecule has 282 valence electrons. The third-order valence-corrected chi connectivity index (χ3v) is 14.0. The molecule has 3 heterocycles. The number of hydrogen-bond acceptors (Lipinski definition) is 15. The fourth-order valence-corrected chi connectivity index (χ4v) is 11.3. The van der Waals surface area contributed by atoms with Gasteiger partial charge in [0.25, 0.3) is 0 Å². The number of esters is 1. The Bertz CT molecular complexity index is 1330. The molecular formula is C35H52O15. The van der Waals surface area contributed by atoms with Gasteiger partial charge in [-0.1, -0.05) is 6.92 Å². The van der Waals surface area contributed by atoms with E-state index in [1.807, 2.05) is 0 Å². The highest BCUT2D eigenvalue weighted by Gasteiger charge is 2.71. The zero-order valence-corrected chi connectivity index (χ0v) is 28.3. The average Bonchev–Trinajstić information content (AvgIpc) is 3.64. The van der Waals surface area contributed by atoms with Crippen LogP contribution in [0.25, 0.3) is 0 Å². The van der Waals surface area contributed by atoms with Crippen LogP contribution >= 0.6 is 0 Å². The molecule has 2 saturated heterocycles. The minimum absolute atomic E-state index is 0.00724. The first-order valence-electron chi connectivity index (χ1n) is 18.1. The minimum Gasteiger partial charge on any atom is -0.458 e. The van der Waals surface area contributed by atoms with E-state index < -0.39 is 96.7 Å². The van der Waals surface area contributed by atoms with Gasteiger partial charge in [-0.25, -0.2) is 4.79 Å². The first-order valence-corrected chi connectivity index (χ1v) is 18.1. The highest BCUT2D eigenvalue weighted by atomic mass is 16.7. The second-order valence-electron chi connectivity index (χ2n) is 16.1. The van der Waals surface area contributed by atoms with E-state index in [1.165, 1.54) is 0 Å². The van der Waals surface area contributed by atoms with Crippen LogP contribution in [0.15, 0.2) is 11.6 Å². The molecular weight excluding hydrogens is 660 g/mol. The number of cyclic esters (lactones) is 1. The quantitative estimate of drug-likeness (QED) is 0.0818. The zero-order valence-electron chi connectivity index (χ0n) is 28.3. The molecule has 6 fully saturated rings. The second-order valence-corrected chi connectivity index (χ2v) is 16.1. The van der Waals surface area contributed by atoms with Gasteiger partial charge in [-0.05, 0) is 74.7 Å². The summed E-state index contributed by atoms with van der Waals surface area (Å²) < 4.78 is 28.6. The van der Waals surface area contributed by atoms with Crippen molar-refractivity contribution in [2.75, 3.05) is 19.8 Å². The molecule has 0 aromatic rings. The van der Waals surface area contributed by atoms with Crippen LogP contribution in [0.5, 0.6) is 0 Å². The summed E-state index contributed by atoms with van der Waals surface area (Å²) in [6, 6.07) is 0. The molecule has 15 heteroatoms.